The van der Waals surface area contributed by atoms with Crippen molar-refractivity contribution < 1.29 is 4.79 Å². The molecule has 108 valence electrons. The first-order chi connectivity index (χ1) is 9.13. The summed E-state index contributed by atoms with van der Waals surface area (Å²) >= 11 is 1.67. The minimum Gasteiger partial charge on any atom is -0.351 e. The van der Waals surface area contributed by atoms with Crippen molar-refractivity contribution in [2.45, 2.75) is 32.9 Å². The van der Waals surface area contributed by atoms with Crippen molar-refractivity contribution in [2.75, 3.05) is 26.7 Å². The van der Waals surface area contributed by atoms with Crippen LogP contribution in [0, 0.1) is 0 Å². The normalized spacial score (nSPS) is 12.6. The number of nitrogens with zero attached hydrogens (tertiary/aromatic N) is 1. The first-order valence-corrected chi connectivity index (χ1v) is 7.71. The van der Waals surface area contributed by atoms with Gasteiger partial charge in [0.2, 0.25) is 5.91 Å². The topological polar surface area (TPSA) is 44.4 Å². The van der Waals surface area contributed by atoms with Gasteiger partial charge in [-0.25, -0.2) is 0 Å². The van der Waals surface area contributed by atoms with E-state index in [1.807, 2.05) is 17.5 Å². The van der Waals surface area contributed by atoms with Gasteiger partial charge in [-0.05, 0) is 32.0 Å². The van der Waals surface area contributed by atoms with Crippen molar-refractivity contribution in [3.05, 3.63) is 22.4 Å². The fraction of sp³-hybridized carbons (Fsp3) is 0.643. The molecule has 1 rings (SSSR count). The van der Waals surface area contributed by atoms with E-state index in [9.17, 15) is 4.79 Å². The van der Waals surface area contributed by atoms with E-state index in [0.29, 0.717) is 13.0 Å². The zero-order valence-corrected chi connectivity index (χ0v) is 12.9. The monoisotopic (exact) mass is 283 g/mol. The molecule has 0 aliphatic heterocycles. The Morgan fingerprint density at radius 1 is 1.53 bits per heavy atom. The van der Waals surface area contributed by atoms with Gasteiger partial charge in [-0.3, -0.25) is 4.79 Å². The number of likely N-dealkylation sites (N-methyl/N-ethyl adjacent to an activating group) is 2. The maximum atomic E-state index is 11.8. The number of amides is 1. The molecule has 4 nitrogen and oxygen atoms in total. The molecule has 1 atom stereocenters. The van der Waals surface area contributed by atoms with Gasteiger partial charge in [0.05, 0.1) is 6.54 Å². The molecule has 1 heterocycles. The van der Waals surface area contributed by atoms with Crippen molar-refractivity contribution in [1.82, 2.24) is 15.5 Å². The second kappa shape index (κ2) is 9.07. The van der Waals surface area contributed by atoms with Crippen LogP contribution in [0.5, 0.6) is 0 Å². The van der Waals surface area contributed by atoms with E-state index < -0.39 is 0 Å². The van der Waals surface area contributed by atoms with Crippen LogP contribution in [0.4, 0.5) is 0 Å². The summed E-state index contributed by atoms with van der Waals surface area (Å²) < 4.78 is 0. The third-order valence-electron chi connectivity index (χ3n) is 3.16. The molecule has 0 aromatic carbocycles. The Hall–Kier alpha value is -0.910. The van der Waals surface area contributed by atoms with E-state index in [-0.39, 0.29) is 11.9 Å². The largest absolute Gasteiger partial charge is 0.351 e. The molecule has 0 aliphatic carbocycles. The highest BCUT2D eigenvalue weighted by molar-refractivity contribution is 7.09. The summed E-state index contributed by atoms with van der Waals surface area (Å²) in [5, 5.41) is 8.28. The van der Waals surface area contributed by atoms with Crippen molar-refractivity contribution >= 4 is 17.2 Å². The molecule has 0 saturated carbocycles. The lowest BCUT2D eigenvalue weighted by Gasteiger charge is -2.24. The maximum absolute atomic E-state index is 11.8. The molecule has 1 amide bonds. The second-order valence-corrected chi connectivity index (χ2v) is 5.78. The van der Waals surface area contributed by atoms with Gasteiger partial charge in [0.15, 0.2) is 0 Å². The highest BCUT2D eigenvalue weighted by atomic mass is 32.1. The standard InChI is InChI=1S/C14H25N3OS/c1-4-15-7-8-17(3)12(2)10-14(18)16-11-13-6-5-9-19-13/h5-6,9,12,15H,4,7-8,10-11H2,1-3H3,(H,16,18)/t12-/m1/s1. The minimum absolute atomic E-state index is 0.121. The number of hydrogen-bond acceptors (Lipinski definition) is 4. The Labute approximate surface area is 120 Å². The van der Waals surface area contributed by atoms with Crippen LogP contribution in [0.1, 0.15) is 25.1 Å². The van der Waals surface area contributed by atoms with Gasteiger partial charge in [0, 0.05) is 30.4 Å². The van der Waals surface area contributed by atoms with Gasteiger partial charge < -0.3 is 15.5 Å². The maximum Gasteiger partial charge on any atom is 0.221 e. The van der Waals surface area contributed by atoms with E-state index in [1.165, 1.54) is 4.88 Å². The fourth-order valence-electron chi connectivity index (χ4n) is 1.75. The zero-order chi connectivity index (χ0) is 14.1. The summed E-state index contributed by atoms with van der Waals surface area (Å²) in [5.41, 5.74) is 0. The van der Waals surface area contributed by atoms with Gasteiger partial charge in [0.25, 0.3) is 0 Å². The average molecular weight is 283 g/mol. The van der Waals surface area contributed by atoms with Crippen LogP contribution in [0.3, 0.4) is 0 Å². The Morgan fingerprint density at radius 3 is 2.95 bits per heavy atom. The zero-order valence-electron chi connectivity index (χ0n) is 12.1. The lowest BCUT2D eigenvalue weighted by molar-refractivity contribution is -0.122. The van der Waals surface area contributed by atoms with Crippen LogP contribution >= 0.6 is 11.3 Å². The van der Waals surface area contributed by atoms with Crippen LogP contribution in [0.25, 0.3) is 0 Å². The number of carbonyl (C=O) groups is 1. The van der Waals surface area contributed by atoms with Crippen LogP contribution in [0.2, 0.25) is 0 Å². The summed E-state index contributed by atoms with van der Waals surface area (Å²) in [6, 6.07) is 4.31. The molecule has 19 heavy (non-hydrogen) atoms. The molecule has 0 aliphatic rings. The van der Waals surface area contributed by atoms with E-state index >= 15 is 0 Å². The molecule has 1 aromatic heterocycles. The van der Waals surface area contributed by atoms with Gasteiger partial charge in [-0.1, -0.05) is 13.0 Å². The molecule has 5 heteroatoms. The second-order valence-electron chi connectivity index (χ2n) is 4.74. The minimum atomic E-state index is 0.121. The first kappa shape index (κ1) is 16.1. The number of thiophene rings is 1. The predicted molar refractivity (Wildman–Crippen MR) is 81.4 cm³/mol. The third kappa shape index (κ3) is 6.71. The average Bonchev–Trinajstić information content (AvgIpc) is 2.89. The quantitative estimate of drug-likeness (QED) is 0.678. The van der Waals surface area contributed by atoms with Gasteiger partial charge >= 0.3 is 0 Å². The number of nitrogens with one attached hydrogen (secondary N) is 2. The highest BCUT2D eigenvalue weighted by Crippen LogP contribution is 2.08. The molecule has 1 aromatic rings. The molecular weight excluding hydrogens is 258 g/mol. The van der Waals surface area contributed by atoms with E-state index in [2.05, 4.69) is 36.4 Å². The smallest absolute Gasteiger partial charge is 0.221 e. The fourth-order valence-corrected chi connectivity index (χ4v) is 2.39. The summed E-state index contributed by atoms with van der Waals surface area (Å²) in [6.07, 6.45) is 0.550. The number of hydrogen-bond donors (Lipinski definition) is 2. The van der Waals surface area contributed by atoms with Crippen LogP contribution in [-0.2, 0) is 11.3 Å². The summed E-state index contributed by atoms with van der Waals surface area (Å²) in [5.74, 6) is 0.121. The van der Waals surface area contributed by atoms with Crippen LogP contribution in [0.15, 0.2) is 17.5 Å². The lowest BCUT2D eigenvalue weighted by Crippen LogP contribution is -2.38. The summed E-state index contributed by atoms with van der Waals surface area (Å²) in [4.78, 5) is 15.2. The number of carbonyl (C=O) groups excluding carboxylic acids is 1. The Morgan fingerprint density at radius 2 is 2.32 bits per heavy atom. The van der Waals surface area contributed by atoms with E-state index in [1.54, 1.807) is 11.3 Å². The van der Waals surface area contributed by atoms with E-state index in [0.717, 1.165) is 19.6 Å². The summed E-state index contributed by atoms with van der Waals surface area (Å²) in [6.45, 7) is 7.76. The molecule has 0 radical (unpaired) electrons. The molecule has 0 fully saturated rings. The van der Waals surface area contributed by atoms with Gasteiger partial charge in [0.1, 0.15) is 0 Å². The highest BCUT2D eigenvalue weighted by Gasteiger charge is 2.13. The Bertz CT molecular complexity index is 354. The number of rotatable bonds is 9. The molecule has 0 unspecified atom stereocenters. The first-order valence-electron chi connectivity index (χ1n) is 6.83. The van der Waals surface area contributed by atoms with E-state index in [4.69, 9.17) is 0 Å². The Kier molecular flexibility index (Phi) is 7.70. The predicted octanol–water partition coefficient (Wildman–Crippen LogP) is 1.68. The molecule has 0 spiro atoms. The molecule has 0 bridgehead atoms. The van der Waals surface area contributed by atoms with Crippen molar-refractivity contribution in [3.8, 4) is 0 Å². The van der Waals surface area contributed by atoms with Gasteiger partial charge in [-0.2, -0.15) is 0 Å². The van der Waals surface area contributed by atoms with Crippen molar-refractivity contribution in [1.29, 1.82) is 0 Å². The molecular formula is C14H25N3OS. The third-order valence-corrected chi connectivity index (χ3v) is 4.04. The van der Waals surface area contributed by atoms with Crippen molar-refractivity contribution in [3.63, 3.8) is 0 Å². The SMILES string of the molecule is CCNCCN(C)[C@H](C)CC(=O)NCc1cccs1. The van der Waals surface area contributed by atoms with Crippen LogP contribution < -0.4 is 10.6 Å². The van der Waals surface area contributed by atoms with Gasteiger partial charge in [-0.15, -0.1) is 11.3 Å². The summed E-state index contributed by atoms with van der Waals surface area (Å²) in [7, 11) is 2.06. The Balaban J connectivity index is 2.19. The molecule has 2 N–H and O–H groups in total. The lowest BCUT2D eigenvalue weighted by atomic mass is 10.2. The van der Waals surface area contributed by atoms with Crippen LogP contribution in [-0.4, -0.2) is 43.5 Å². The van der Waals surface area contributed by atoms with Crippen molar-refractivity contribution in [2.24, 2.45) is 0 Å². The molecule has 0 saturated heterocycles.